The van der Waals surface area contributed by atoms with Crippen molar-refractivity contribution < 1.29 is 9.53 Å². The molecule has 0 bridgehead atoms. The van der Waals surface area contributed by atoms with E-state index in [9.17, 15) is 4.79 Å². The minimum Gasteiger partial charge on any atom is -0.368 e. The van der Waals surface area contributed by atoms with Gasteiger partial charge in [0.25, 0.3) is 5.91 Å². The predicted octanol–water partition coefficient (Wildman–Crippen LogP) is 3.79. The first-order chi connectivity index (χ1) is 13.7. The highest BCUT2D eigenvalue weighted by atomic mass is 16.5. The third-order valence-corrected chi connectivity index (χ3v) is 5.18. The molecule has 5 nitrogen and oxygen atoms in total. The van der Waals surface area contributed by atoms with Gasteiger partial charge in [0, 0.05) is 32.6 Å². The Morgan fingerprint density at radius 2 is 1.96 bits per heavy atom. The number of amides is 1. The number of carbonyl (C=O) groups excluding carboxylic acids is 1. The van der Waals surface area contributed by atoms with E-state index in [0.717, 1.165) is 29.8 Å². The molecule has 1 fully saturated rings. The maximum absolute atomic E-state index is 13.1. The van der Waals surface area contributed by atoms with Gasteiger partial charge in [0.05, 0.1) is 6.54 Å². The summed E-state index contributed by atoms with van der Waals surface area (Å²) in [7, 11) is 1.95. The van der Waals surface area contributed by atoms with Crippen LogP contribution in [0.15, 0.2) is 67.0 Å². The lowest BCUT2D eigenvalue weighted by atomic mass is 10.0. The molecule has 0 radical (unpaired) electrons. The van der Waals surface area contributed by atoms with Crippen molar-refractivity contribution in [1.29, 1.82) is 0 Å². The Balaban J connectivity index is 1.58. The molecule has 1 atom stereocenters. The number of nitrogens with zero attached hydrogens (tertiary/aromatic N) is 3. The molecular formula is C23H25N3O2. The molecule has 0 N–H and O–H groups in total. The van der Waals surface area contributed by atoms with Crippen LogP contribution in [0.5, 0.6) is 0 Å². The fourth-order valence-corrected chi connectivity index (χ4v) is 3.61. The van der Waals surface area contributed by atoms with Crippen LogP contribution in [0, 0.1) is 0 Å². The molecule has 144 valence electrons. The maximum atomic E-state index is 13.1. The molecule has 1 aromatic heterocycles. The van der Waals surface area contributed by atoms with Crippen molar-refractivity contribution in [1.82, 2.24) is 14.5 Å². The Morgan fingerprint density at radius 3 is 2.68 bits per heavy atom. The van der Waals surface area contributed by atoms with E-state index < -0.39 is 0 Å². The smallest absolute Gasteiger partial charge is 0.252 e. The molecule has 1 aliphatic heterocycles. The summed E-state index contributed by atoms with van der Waals surface area (Å²) in [4.78, 5) is 19.4. The Bertz CT molecular complexity index is 930. The van der Waals surface area contributed by atoms with Gasteiger partial charge in [-0.2, -0.15) is 0 Å². The van der Waals surface area contributed by atoms with E-state index in [1.165, 1.54) is 5.56 Å². The first-order valence-corrected chi connectivity index (χ1v) is 9.71. The van der Waals surface area contributed by atoms with Gasteiger partial charge < -0.3 is 14.2 Å². The Labute approximate surface area is 165 Å². The number of ether oxygens (including phenoxy) is 1. The lowest BCUT2D eigenvalue weighted by molar-refractivity contribution is -0.142. The second-order valence-electron chi connectivity index (χ2n) is 7.22. The first kappa shape index (κ1) is 18.4. The zero-order valence-electron chi connectivity index (χ0n) is 16.1. The third kappa shape index (κ3) is 4.15. The molecule has 28 heavy (non-hydrogen) atoms. The van der Waals surface area contributed by atoms with E-state index in [2.05, 4.69) is 35.3 Å². The van der Waals surface area contributed by atoms with E-state index in [1.54, 1.807) is 6.20 Å². The number of aromatic nitrogens is 2. The monoisotopic (exact) mass is 375 g/mol. The molecule has 1 aliphatic rings. The van der Waals surface area contributed by atoms with Crippen molar-refractivity contribution in [3.63, 3.8) is 0 Å². The predicted molar refractivity (Wildman–Crippen MR) is 108 cm³/mol. The summed E-state index contributed by atoms with van der Waals surface area (Å²) in [5, 5.41) is 0. The van der Waals surface area contributed by atoms with Crippen LogP contribution in [-0.2, 0) is 29.7 Å². The molecule has 2 heterocycles. The van der Waals surface area contributed by atoms with Gasteiger partial charge in [-0.15, -0.1) is 0 Å². The molecule has 1 saturated heterocycles. The number of imidazole rings is 1. The van der Waals surface area contributed by atoms with Crippen molar-refractivity contribution in [2.45, 2.75) is 32.0 Å². The SMILES string of the molecule is Cn1ccnc1CN(Cc1cccc(-c2ccccc2)c1)C(=O)[C@H]1CCCO1. The number of benzene rings is 2. The molecule has 0 spiro atoms. The number of carbonyl (C=O) groups is 1. The molecule has 2 aromatic carbocycles. The third-order valence-electron chi connectivity index (χ3n) is 5.18. The van der Waals surface area contributed by atoms with Crippen LogP contribution in [-0.4, -0.2) is 33.1 Å². The van der Waals surface area contributed by atoms with Crippen LogP contribution in [0.25, 0.3) is 11.1 Å². The van der Waals surface area contributed by atoms with Crippen molar-refractivity contribution in [3.05, 3.63) is 78.4 Å². The van der Waals surface area contributed by atoms with Gasteiger partial charge in [-0.3, -0.25) is 4.79 Å². The summed E-state index contributed by atoms with van der Waals surface area (Å²) in [6.07, 6.45) is 5.06. The highest BCUT2D eigenvalue weighted by Gasteiger charge is 2.29. The fourth-order valence-electron chi connectivity index (χ4n) is 3.61. The average Bonchev–Trinajstić information content (AvgIpc) is 3.40. The van der Waals surface area contributed by atoms with Gasteiger partial charge in [0.15, 0.2) is 0 Å². The van der Waals surface area contributed by atoms with Crippen LogP contribution in [0.4, 0.5) is 0 Å². The summed E-state index contributed by atoms with van der Waals surface area (Å²) in [6.45, 7) is 1.67. The minimum absolute atomic E-state index is 0.0469. The lowest BCUT2D eigenvalue weighted by Crippen LogP contribution is -2.38. The maximum Gasteiger partial charge on any atom is 0.252 e. The Morgan fingerprint density at radius 1 is 1.14 bits per heavy atom. The van der Waals surface area contributed by atoms with Gasteiger partial charge in [0.2, 0.25) is 0 Å². The second kappa shape index (κ2) is 8.40. The highest BCUT2D eigenvalue weighted by Crippen LogP contribution is 2.22. The molecule has 5 heteroatoms. The van der Waals surface area contributed by atoms with E-state index >= 15 is 0 Å². The van der Waals surface area contributed by atoms with Crippen LogP contribution in [0.1, 0.15) is 24.2 Å². The number of hydrogen-bond donors (Lipinski definition) is 0. The summed E-state index contributed by atoms with van der Waals surface area (Å²) >= 11 is 0. The van der Waals surface area contributed by atoms with Crippen molar-refractivity contribution in [3.8, 4) is 11.1 Å². The normalized spacial score (nSPS) is 16.2. The zero-order chi connectivity index (χ0) is 19.3. The molecule has 0 aliphatic carbocycles. The van der Waals surface area contributed by atoms with E-state index in [1.807, 2.05) is 47.0 Å². The molecule has 0 saturated carbocycles. The highest BCUT2D eigenvalue weighted by molar-refractivity contribution is 5.81. The molecule has 4 rings (SSSR count). The zero-order valence-corrected chi connectivity index (χ0v) is 16.1. The van der Waals surface area contributed by atoms with Crippen LogP contribution >= 0.6 is 0 Å². The van der Waals surface area contributed by atoms with Gasteiger partial charge in [0.1, 0.15) is 11.9 Å². The molecule has 0 unspecified atom stereocenters. The fraction of sp³-hybridized carbons (Fsp3) is 0.304. The largest absolute Gasteiger partial charge is 0.368 e. The standard InChI is InChI=1S/C23H25N3O2/c1-25-13-12-24-22(25)17-26(23(27)21-11-6-14-28-21)16-18-7-5-10-20(15-18)19-8-3-2-4-9-19/h2-5,7-10,12-13,15,21H,6,11,14,16-17H2,1H3/t21-/m1/s1. The Hall–Kier alpha value is -2.92. The molecular weight excluding hydrogens is 350 g/mol. The summed E-state index contributed by atoms with van der Waals surface area (Å²) in [5.41, 5.74) is 3.42. The van der Waals surface area contributed by atoms with Crippen molar-refractivity contribution in [2.75, 3.05) is 6.61 Å². The van der Waals surface area contributed by atoms with Crippen LogP contribution < -0.4 is 0 Å². The van der Waals surface area contributed by atoms with E-state index in [-0.39, 0.29) is 12.0 Å². The van der Waals surface area contributed by atoms with Crippen LogP contribution in [0.2, 0.25) is 0 Å². The topological polar surface area (TPSA) is 47.4 Å². The lowest BCUT2D eigenvalue weighted by Gasteiger charge is -2.25. The quantitative estimate of drug-likeness (QED) is 0.658. The van der Waals surface area contributed by atoms with E-state index in [4.69, 9.17) is 4.74 Å². The van der Waals surface area contributed by atoms with Crippen molar-refractivity contribution in [2.24, 2.45) is 7.05 Å². The molecule has 3 aromatic rings. The van der Waals surface area contributed by atoms with Gasteiger partial charge >= 0.3 is 0 Å². The van der Waals surface area contributed by atoms with Gasteiger partial charge in [-0.05, 0) is 35.6 Å². The summed E-state index contributed by atoms with van der Waals surface area (Å²) in [5.74, 6) is 0.913. The van der Waals surface area contributed by atoms with Crippen LogP contribution in [0.3, 0.4) is 0 Å². The second-order valence-corrected chi connectivity index (χ2v) is 7.22. The number of rotatable bonds is 6. The van der Waals surface area contributed by atoms with E-state index in [0.29, 0.717) is 19.7 Å². The summed E-state index contributed by atoms with van der Waals surface area (Å²) < 4.78 is 7.61. The van der Waals surface area contributed by atoms with Gasteiger partial charge in [-0.1, -0.05) is 48.5 Å². The van der Waals surface area contributed by atoms with Gasteiger partial charge in [-0.25, -0.2) is 4.98 Å². The minimum atomic E-state index is -0.336. The first-order valence-electron chi connectivity index (χ1n) is 9.71. The summed E-state index contributed by atoms with van der Waals surface area (Å²) in [6, 6.07) is 18.7. The molecule has 1 amide bonds. The van der Waals surface area contributed by atoms with Crippen molar-refractivity contribution >= 4 is 5.91 Å². The Kier molecular flexibility index (Phi) is 5.53. The number of hydrogen-bond acceptors (Lipinski definition) is 3. The average molecular weight is 375 g/mol. The number of aryl methyl sites for hydroxylation is 1.